The van der Waals surface area contributed by atoms with Gasteiger partial charge in [0, 0.05) is 38.5 Å². The standard InChI is InChI=1S/C48H94N2O5/c1-4-7-10-13-15-16-17-19-30-43-54-47(52)35-25-21-29-38-50(46-33-26-27-34-46)40-39-49(41-42-51)37-28-20-24-36-48(53)55-44-45(31-22-12-9-6-3)32-23-18-14-11-8-5-2/h45-46,51H,4-44H2,1-3H3. The number of aliphatic hydroxyl groups is 1. The average Bonchev–Trinajstić information content (AvgIpc) is 3.73. The first kappa shape index (κ1) is 51.8. The molecule has 1 N–H and O–H groups in total. The number of unbranched alkanes of at least 4 members (excludes halogenated alkanes) is 20. The van der Waals surface area contributed by atoms with E-state index in [0.29, 0.717) is 44.6 Å². The number of hydrogen-bond donors (Lipinski definition) is 1. The van der Waals surface area contributed by atoms with Crippen LogP contribution >= 0.6 is 0 Å². The highest BCUT2D eigenvalue weighted by Crippen LogP contribution is 2.24. The fourth-order valence-electron chi connectivity index (χ4n) is 8.37. The molecule has 1 aliphatic rings. The van der Waals surface area contributed by atoms with Crippen LogP contribution in [0.4, 0.5) is 0 Å². The maximum atomic E-state index is 12.7. The van der Waals surface area contributed by atoms with Gasteiger partial charge in [-0.3, -0.25) is 19.4 Å². The molecule has 0 aromatic carbocycles. The molecule has 0 spiro atoms. The summed E-state index contributed by atoms with van der Waals surface area (Å²) in [6.07, 6.45) is 39.2. The SMILES string of the molecule is CCCCCCCCCCCOC(=O)CCCCCN(CCN(CCO)CCCCCC(=O)OCC(CCCCCC)CCCCCCCC)C1CCCC1. The van der Waals surface area contributed by atoms with Gasteiger partial charge in [-0.15, -0.1) is 0 Å². The summed E-state index contributed by atoms with van der Waals surface area (Å²) in [6.45, 7) is 12.9. The second-order valence-electron chi connectivity index (χ2n) is 17.2. The Morgan fingerprint density at radius 3 is 1.56 bits per heavy atom. The van der Waals surface area contributed by atoms with Gasteiger partial charge in [-0.1, -0.05) is 162 Å². The number of carbonyl (C=O) groups is 2. The zero-order chi connectivity index (χ0) is 39.9. The van der Waals surface area contributed by atoms with Crippen LogP contribution < -0.4 is 0 Å². The minimum atomic E-state index is -0.0237. The van der Waals surface area contributed by atoms with Gasteiger partial charge in [0.1, 0.15) is 0 Å². The summed E-state index contributed by atoms with van der Waals surface area (Å²) >= 11 is 0. The lowest BCUT2D eigenvalue weighted by Crippen LogP contribution is -2.41. The van der Waals surface area contributed by atoms with Crippen LogP contribution in [-0.4, -0.2) is 85.4 Å². The molecule has 0 saturated heterocycles. The van der Waals surface area contributed by atoms with Crippen molar-refractivity contribution in [2.45, 2.75) is 239 Å². The van der Waals surface area contributed by atoms with E-state index in [2.05, 4.69) is 30.6 Å². The van der Waals surface area contributed by atoms with Gasteiger partial charge >= 0.3 is 11.9 Å². The maximum Gasteiger partial charge on any atom is 0.305 e. The molecule has 1 unspecified atom stereocenters. The highest BCUT2D eigenvalue weighted by atomic mass is 16.5. The van der Waals surface area contributed by atoms with E-state index in [1.54, 1.807) is 0 Å². The molecule has 0 radical (unpaired) electrons. The summed E-state index contributed by atoms with van der Waals surface area (Å²) in [5, 5.41) is 9.80. The van der Waals surface area contributed by atoms with Crippen molar-refractivity contribution in [3.8, 4) is 0 Å². The third-order valence-electron chi connectivity index (χ3n) is 12.1. The minimum Gasteiger partial charge on any atom is -0.466 e. The van der Waals surface area contributed by atoms with E-state index < -0.39 is 0 Å². The quantitative estimate of drug-likeness (QED) is 0.0488. The fraction of sp³-hybridized carbons (Fsp3) is 0.958. The van der Waals surface area contributed by atoms with Crippen LogP contribution in [0.2, 0.25) is 0 Å². The van der Waals surface area contributed by atoms with E-state index in [1.165, 1.54) is 154 Å². The van der Waals surface area contributed by atoms with E-state index >= 15 is 0 Å². The normalized spacial score (nSPS) is 14.0. The predicted molar refractivity (Wildman–Crippen MR) is 234 cm³/mol. The lowest BCUT2D eigenvalue weighted by molar-refractivity contribution is -0.145. The Morgan fingerprint density at radius 1 is 0.527 bits per heavy atom. The highest BCUT2D eigenvalue weighted by Gasteiger charge is 2.23. The number of esters is 2. The molecule has 0 bridgehead atoms. The molecule has 0 aromatic heterocycles. The van der Waals surface area contributed by atoms with Crippen molar-refractivity contribution in [2.24, 2.45) is 5.92 Å². The Balaban J connectivity index is 2.27. The molecular formula is C48H94N2O5. The molecule has 7 heteroatoms. The van der Waals surface area contributed by atoms with E-state index in [9.17, 15) is 14.7 Å². The molecule has 1 rings (SSSR count). The zero-order valence-corrected chi connectivity index (χ0v) is 37.1. The fourth-order valence-corrected chi connectivity index (χ4v) is 8.37. The number of aliphatic hydroxyl groups excluding tert-OH is 1. The van der Waals surface area contributed by atoms with E-state index in [0.717, 1.165) is 71.1 Å². The van der Waals surface area contributed by atoms with Gasteiger partial charge in [0.05, 0.1) is 19.8 Å². The van der Waals surface area contributed by atoms with Crippen molar-refractivity contribution in [1.29, 1.82) is 0 Å². The Morgan fingerprint density at radius 2 is 1.00 bits per heavy atom. The van der Waals surface area contributed by atoms with Crippen molar-refractivity contribution in [2.75, 3.05) is 52.5 Å². The van der Waals surface area contributed by atoms with Gasteiger partial charge in [0.15, 0.2) is 0 Å². The molecule has 0 heterocycles. The predicted octanol–water partition coefficient (Wildman–Crippen LogP) is 12.6. The van der Waals surface area contributed by atoms with Crippen LogP contribution in [0.25, 0.3) is 0 Å². The first-order valence-corrected chi connectivity index (χ1v) is 24.4. The molecule has 1 aliphatic carbocycles. The van der Waals surface area contributed by atoms with Crippen LogP contribution in [0.1, 0.15) is 233 Å². The van der Waals surface area contributed by atoms with Gasteiger partial charge in [0.25, 0.3) is 0 Å². The van der Waals surface area contributed by atoms with E-state index in [-0.39, 0.29) is 18.5 Å². The molecule has 0 amide bonds. The molecule has 7 nitrogen and oxygen atoms in total. The maximum absolute atomic E-state index is 12.7. The molecule has 1 fully saturated rings. The molecule has 0 aromatic rings. The van der Waals surface area contributed by atoms with Gasteiger partial charge in [-0.2, -0.15) is 0 Å². The van der Waals surface area contributed by atoms with E-state index in [1.807, 2.05) is 0 Å². The lowest BCUT2D eigenvalue weighted by atomic mass is 9.95. The number of rotatable bonds is 42. The molecule has 1 atom stereocenters. The largest absolute Gasteiger partial charge is 0.466 e. The lowest BCUT2D eigenvalue weighted by Gasteiger charge is -2.31. The van der Waals surface area contributed by atoms with Gasteiger partial charge in [-0.05, 0) is 76.8 Å². The second-order valence-corrected chi connectivity index (χ2v) is 17.2. The van der Waals surface area contributed by atoms with Gasteiger partial charge in [-0.25, -0.2) is 0 Å². The molecule has 0 aliphatic heterocycles. The number of nitrogens with zero attached hydrogens (tertiary/aromatic N) is 2. The summed E-state index contributed by atoms with van der Waals surface area (Å²) in [6, 6.07) is 0.671. The summed E-state index contributed by atoms with van der Waals surface area (Å²) in [4.78, 5) is 30.0. The van der Waals surface area contributed by atoms with Crippen molar-refractivity contribution in [1.82, 2.24) is 9.80 Å². The third kappa shape index (κ3) is 32.5. The summed E-state index contributed by atoms with van der Waals surface area (Å²) in [5.41, 5.74) is 0. The molecule has 1 saturated carbocycles. The third-order valence-corrected chi connectivity index (χ3v) is 12.1. The summed E-state index contributed by atoms with van der Waals surface area (Å²) in [7, 11) is 0. The van der Waals surface area contributed by atoms with Crippen LogP contribution in [0, 0.1) is 5.92 Å². The van der Waals surface area contributed by atoms with Crippen LogP contribution in [0.5, 0.6) is 0 Å². The molecular weight excluding hydrogens is 685 g/mol. The summed E-state index contributed by atoms with van der Waals surface area (Å²) in [5.74, 6) is 0.474. The topological polar surface area (TPSA) is 79.3 Å². The Labute approximate surface area is 342 Å². The Bertz CT molecular complexity index is 835. The Hall–Kier alpha value is -1.18. The number of ether oxygens (including phenoxy) is 2. The minimum absolute atomic E-state index is 0.0214. The second kappa shape index (κ2) is 39.6. The highest BCUT2D eigenvalue weighted by molar-refractivity contribution is 5.69. The van der Waals surface area contributed by atoms with Gasteiger partial charge < -0.3 is 14.6 Å². The first-order chi connectivity index (χ1) is 27.0. The van der Waals surface area contributed by atoms with Crippen molar-refractivity contribution >= 4 is 11.9 Å². The van der Waals surface area contributed by atoms with Crippen molar-refractivity contribution in [3.63, 3.8) is 0 Å². The Kier molecular flexibility index (Phi) is 37.4. The first-order valence-electron chi connectivity index (χ1n) is 24.4. The number of hydrogen-bond acceptors (Lipinski definition) is 7. The average molecular weight is 779 g/mol. The molecule has 326 valence electrons. The van der Waals surface area contributed by atoms with Crippen molar-refractivity contribution < 1.29 is 24.2 Å². The number of carbonyl (C=O) groups excluding carboxylic acids is 2. The van der Waals surface area contributed by atoms with Crippen molar-refractivity contribution in [3.05, 3.63) is 0 Å². The van der Waals surface area contributed by atoms with Crippen LogP contribution in [0.3, 0.4) is 0 Å². The smallest absolute Gasteiger partial charge is 0.305 e. The molecule has 55 heavy (non-hydrogen) atoms. The van der Waals surface area contributed by atoms with Crippen LogP contribution in [0.15, 0.2) is 0 Å². The zero-order valence-electron chi connectivity index (χ0n) is 37.1. The van der Waals surface area contributed by atoms with Gasteiger partial charge in [0.2, 0.25) is 0 Å². The van der Waals surface area contributed by atoms with Crippen LogP contribution in [-0.2, 0) is 19.1 Å². The van der Waals surface area contributed by atoms with E-state index in [4.69, 9.17) is 9.47 Å². The summed E-state index contributed by atoms with van der Waals surface area (Å²) < 4.78 is 11.3. The monoisotopic (exact) mass is 779 g/mol.